The Hall–Kier alpha value is 0.01000. The van der Waals surface area contributed by atoms with Crippen LogP contribution in [0.2, 0.25) is 0 Å². The smallest absolute Gasteiger partial charge is 0.0326 e. The van der Waals surface area contributed by atoms with Crippen molar-refractivity contribution in [3.8, 4) is 0 Å². The van der Waals surface area contributed by atoms with Gasteiger partial charge in [-0.3, -0.25) is 0 Å². The molecule has 2 unspecified atom stereocenters. The van der Waals surface area contributed by atoms with Crippen LogP contribution in [0.5, 0.6) is 0 Å². The average molecular weight is 300 g/mol. The van der Waals surface area contributed by atoms with Gasteiger partial charge < -0.3 is 5.32 Å². The predicted octanol–water partition coefficient (Wildman–Crippen LogP) is 3.78. The van der Waals surface area contributed by atoms with Crippen LogP contribution in [0, 0.1) is 0 Å². The highest BCUT2D eigenvalue weighted by molar-refractivity contribution is 9.10. The summed E-state index contributed by atoms with van der Waals surface area (Å²) < 4.78 is 1.20. The summed E-state index contributed by atoms with van der Waals surface area (Å²) in [6.45, 7) is 3.37. The molecule has 2 rings (SSSR count). The Morgan fingerprint density at radius 1 is 1.56 bits per heavy atom. The largest absolute Gasteiger partial charge is 0.309 e. The van der Waals surface area contributed by atoms with Gasteiger partial charge in [0.05, 0.1) is 0 Å². The van der Waals surface area contributed by atoms with Crippen LogP contribution in [0.1, 0.15) is 30.5 Å². The minimum absolute atomic E-state index is 0.567. The molecule has 0 fully saturated rings. The zero-order valence-corrected chi connectivity index (χ0v) is 12.2. The molecule has 16 heavy (non-hydrogen) atoms. The lowest BCUT2D eigenvalue weighted by Crippen LogP contribution is -2.26. The summed E-state index contributed by atoms with van der Waals surface area (Å²) >= 11 is 5.46. The van der Waals surface area contributed by atoms with Crippen molar-refractivity contribution in [2.24, 2.45) is 0 Å². The van der Waals surface area contributed by atoms with Crippen LogP contribution in [-0.2, 0) is 6.42 Å². The van der Waals surface area contributed by atoms with Crippen molar-refractivity contribution in [3.63, 3.8) is 0 Å². The third-order valence-corrected chi connectivity index (χ3v) is 4.70. The van der Waals surface area contributed by atoms with Gasteiger partial charge >= 0.3 is 0 Å². The Balaban J connectivity index is 2.01. The first-order chi connectivity index (χ1) is 7.70. The van der Waals surface area contributed by atoms with Crippen molar-refractivity contribution in [2.45, 2.75) is 31.1 Å². The van der Waals surface area contributed by atoms with Gasteiger partial charge in [0.15, 0.2) is 0 Å². The van der Waals surface area contributed by atoms with E-state index >= 15 is 0 Å². The number of nitrogens with one attached hydrogen (secondary N) is 1. The van der Waals surface area contributed by atoms with Gasteiger partial charge in [-0.2, -0.15) is 11.8 Å². The number of fused-ring (bicyclic) bond motifs is 1. The van der Waals surface area contributed by atoms with E-state index in [-0.39, 0.29) is 0 Å². The summed E-state index contributed by atoms with van der Waals surface area (Å²) in [5.74, 6) is 0. The molecule has 0 amide bonds. The highest BCUT2D eigenvalue weighted by atomic mass is 79.9. The van der Waals surface area contributed by atoms with E-state index in [0.29, 0.717) is 11.3 Å². The summed E-state index contributed by atoms with van der Waals surface area (Å²) in [7, 11) is 0. The van der Waals surface area contributed by atoms with E-state index in [2.05, 4.69) is 52.6 Å². The third kappa shape index (κ3) is 2.82. The van der Waals surface area contributed by atoms with Gasteiger partial charge in [0.2, 0.25) is 0 Å². The Bertz CT molecular complexity index is 367. The fraction of sp³-hybridized carbons (Fsp3) is 0.538. The second-order valence-electron chi connectivity index (χ2n) is 4.39. The van der Waals surface area contributed by atoms with Crippen molar-refractivity contribution in [1.82, 2.24) is 5.32 Å². The second-order valence-corrected chi connectivity index (χ2v) is 6.58. The lowest BCUT2D eigenvalue weighted by atomic mass is 10.1. The van der Waals surface area contributed by atoms with E-state index in [4.69, 9.17) is 0 Å². The molecule has 1 aromatic rings. The van der Waals surface area contributed by atoms with Gasteiger partial charge in [-0.25, -0.2) is 0 Å². The van der Waals surface area contributed by atoms with Crippen molar-refractivity contribution in [2.75, 3.05) is 12.8 Å². The Morgan fingerprint density at radius 3 is 3.12 bits per heavy atom. The number of hydrogen-bond donors (Lipinski definition) is 1. The predicted molar refractivity (Wildman–Crippen MR) is 76.2 cm³/mol. The van der Waals surface area contributed by atoms with Gasteiger partial charge in [0.25, 0.3) is 0 Å². The quantitative estimate of drug-likeness (QED) is 0.908. The number of hydrogen-bond acceptors (Lipinski definition) is 2. The fourth-order valence-corrected chi connectivity index (χ4v) is 2.86. The van der Waals surface area contributed by atoms with Crippen molar-refractivity contribution >= 4 is 27.7 Å². The molecule has 1 aromatic carbocycles. The molecule has 1 N–H and O–H groups in total. The van der Waals surface area contributed by atoms with Crippen LogP contribution in [-0.4, -0.2) is 18.1 Å². The first kappa shape index (κ1) is 12.5. The minimum Gasteiger partial charge on any atom is -0.309 e. The number of thioether (sulfide) groups is 1. The summed E-state index contributed by atoms with van der Waals surface area (Å²) in [6.07, 6.45) is 4.62. The molecule has 2 atom stereocenters. The maximum Gasteiger partial charge on any atom is 0.0326 e. The lowest BCUT2D eigenvalue weighted by Gasteiger charge is -2.16. The Kier molecular flexibility index (Phi) is 4.34. The first-order valence-corrected chi connectivity index (χ1v) is 7.83. The van der Waals surface area contributed by atoms with Crippen LogP contribution in [0.15, 0.2) is 22.7 Å². The first-order valence-electron chi connectivity index (χ1n) is 5.75. The minimum atomic E-state index is 0.567. The van der Waals surface area contributed by atoms with Crippen LogP contribution in [0.4, 0.5) is 0 Å². The molecule has 0 radical (unpaired) electrons. The summed E-state index contributed by atoms with van der Waals surface area (Å²) in [5.41, 5.74) is 3.00. The Morgan fingerprint density at radius 2 is 2.38 bits per heavy atom. The third-order valence-electron chi connectivity index (χ3n) is 3.24. The molecule has 0 aromatic heterocycles. The fourth-order valence-electron chi connectivity index (χ4n) is 2.19. The van der Waals surface area contributed by atoms with Crippen molar-refractivity contribution in [3.05, 3.63) is 33.8 Å². The molecule has 0 heterocycles. The van der Waals surface area contributed by atoms with Crippen molar-refractivity contribution in [1.29, 1.82) is 0 Å². The summed E-state index contributed by atoms with van der Waals surface area (Å²) in [6, 6.07) is 7.23. The highest BCUT2D eigenvalue weighted by Crippen LogP contribution is 2.32. The molecule has 1 aliphatic carbocycles. The maximum atomic E-state index is 3.67. The van der Waals surface area contributed by atoms with Crippen molar-refractivity contribution < 1.29 is 0 Å². The van der Waals surface area contributed by atoms with Crippen LogP contribution in [0.25, 0.3) is 0 Å². The van der Waals surface area contributed by atoms with Gasteiger partial charge in [-0.05, 0) is 42.4 Å². The molecule has 88 valence electrons. The van der Waals surface area contributed by atoms with Gasteiger partial charge in [0, 0.05) is 22.3 Å². The topological polar surface area (TPSA) is 12.0 Å². The van der Waals surface area contributed by atoms with Crippen LogP contribution >= 0.6 is 27.7 Å². The molecular weight excluding hydrogens is 282 g/mol. The SMILES string of the molecule is CSC(C)CNC1CCc2cc(Br)ccc21. The Labute approximate surface area is 111 Å². The zero-order chi connectivity index (χ0) is 11.5. The zero-order valence-electron chi connectivity index (χ0n) is 9.79. The van der Waals surface area contributed by atoms with E-state index in [1.807, 2.05) is 11.8 Å². The average Bonchev–Trinajstić information content (AvgIpc) is 2.68. The standard InChI is InChI=1S/C13H18BrNS/c1-9(16-2)8-15-13-6-3-10-7-11(14)4-5-12(10)13/h4-5,7,9,13,15H,3,6,8H2,1-2H3. The highest BCUT2D eigenvalue weighted by Gasteiger charge is 2.22. The number of rotatable bonds is 4. The molecule has 0 saturated heterocycles. The monoisotopic (exact) mass is 299 g/mol. The molecule has 0 spiro atoms. The van der Waals surface area contributed by atoms with Gasteiger partial charge in [-0.15, -0.1) is 0 Å². The van der Waals surface area contributed by atoms with E-state index < -0.39 is 0 Å². The molecule has 3 heteroatoms. The van der Waals surface area contributed by atoms with E-state index in [1.165, 1.54) is 28.4 Å². The normalized spacial score (nSPS) is 20.8. The van der Waals surface area contributed by atoms with Gasteiger partial charge in [-0.1, -0.05) is 28.9 Å². The number of aryl methyl sites for hydroxylation is 1. The second kappa shape index (κ2) is 5.56. The summed E-state index contributed by atoms with van der Waals surface area (Å²) in [5, 5.41) is 4.37. The van der Waals surface area contributed by atoms with Gasteiger partial charge in [0.1, 0.15) is 0 Å². The number of benzene rings is 1. The van der Waals surface area contributed by atoms with Crippen LogP contribution < -0.4 is 5.32 Å². The van der Waals surface area contributed by atoms with Crippen LogP contribution in [0.3, 0.4) is 0 Å². The molecule has 0 aliphatic heterocycles. The molecular formula is C13H18BrNS. The maximum absolute atomic E-state index is 3.67. The lowest BCUT2D eigenvalue weighted by molar-refractivity contribution is 0.533. The molecule has 1 aliphatic rings. The summed E-state index contributed by atoms with van der Waals surface area (Å²) in [4.78, 5) is 0. The molecule has 0 bridgehead atoms. The number of halogens is 1. The van der Waals surface area contributed by atoms with E-state index in [1.54, 1.807) is 0 Å². The molecule has 1 nitrogen and oxygen atoms in total. The molecule has 0 saturated carbocycles. The van der Waals surface area contributed by atoms with E-state index in [0.717, 1.165) is 6.54 Å². The van der Waals surface area contributed by atoms with E-state index in [9.17, 15) is 0 Å².